The Hall–Kier alpha value is -1.43. The van der Waals surface area contributed by atoms with Gasteiger partial charge in [0.1, 0.15) is 6.61 Å². The lowest BCUT2D eigenvalue weighted by Crippen LogP contribution is -2.21. The van der Waals surface area contributed by atoms with E-state index in [-0.39, 0.29) is 19.4 Å². The molecule has 0 atom stereocenters. The van der Waals surface area contributed by atoms with E-state index in [1.54, 1.807) is 0 Å². The fourth-order valence-electron chi connectivity index (χ4n) is 0.538. The predicted octanol–water partition coefficient (Wildman–Crippen LogP) is -1.08. The molecule has 0 bridgehead atoms. The van der Waals surface area contributed by atoms with Crippen molar-refractivity contribution in [3.8, 4) is 0 Å². The lowest BCUT2D eigenvalue weighted by Gasteiger charge is -2.00. The van der Waals surface area contributed by atoms with Gasteiger partial charge in [-0.15, -0.1) is 0 Å². The van der Waals surface area contributed by atoms with Gasteiger partial charge in [0.2, 0.25) is 0 Å². The number of rotatable bonds is 6. The Bertz CT molecular complexity index is 213. The Morgan fingerprint density at radius 2 is 1.85 bits per heavy atom. The van der Waals surface area contributed by atoms with Gasteiger partial charge in [0, 0.05) is 6.42 Å². The maximum absolute atomic E-state index is 10.8. The second-order valence-electron chi connectivity index (χ2n) is 2.30. The van der Waals surface area contributed by atoms with Crippen molar-refractivity contribution in [2.75, 3.05) is 13.2 Å². The summed E-state index contributed by atoms with van der Waals surface area (Å²) >= 11 is 0. The number of hydrogen-bond acceptors (Lipinski definition) is 5. The van der Waals surface area contributed by atoms with Crippen molar-refractivity contribution in [1.29, 1.82) is 0 Å². The Balaban J connectivity index is 3.52. The molecule has 74 valence electrons. The highest BCUT2D eigenvalue weighted by Gasteiger charge is 2.07. The number of carboxylic acids is 1. The molecular formula is C7H11NO5. The number of ketones is 1. The zero-order valence-electron chi connectivity index (χ0n) is 6.99. The third kappa shape index (κ3) is 6.95. The summed E-state index contributed by atoms with van der Waals surface area (Å²) in [6, 6.07) is 0. The molecule has 0 aliphatic heterocycles. The van der Waals surface area contributed by atoms with Gasteiger partial charge in [-0.1, -0.05) is 0 Å². The minimum Gasteiger partial charge on any atom is -0.481 e. The summed E-state index contributed by atoms with van der Waals surface area (Å²) in [7, 11) is 0. The normalized spacial score (nSPS) is 9.31. The van der Waals surface area contributed by atoms with Crippen LogP contribution in [-0.2, 0) is 19.1 Å². The molecule has 13 heavy (non-hydrogen) atoms. The fraction of sp³-hybridized carbons (Fsp3) is 0.571. The first kappa shape index (κ1) is 11.6. The lowest BCUT2D eigenvalue weighted by atomic mass is 10.2. The number of aliphatic carboxylic acids is 1. The van der Waals surface area contributed by atoms with Crippen LogP contribution in [0.5, 0.6) is 0 Å². The van der Waals surface area contributed by atoms with E-state index in [9.17, 15) is 14.4 Å². The SMILES string of the molecule is NCC(=O)OCC(=O)CCC(=O)O. The monoisotopic (exact) mass is 189 g/mol. The quantitative estimate of drug-likeness (QED) is 0.515. The van der Waals surface area contributed by atoms with E-state index in [0.29, 0.717) is 0 Å². The van der Waals surface area contributed by atoms with Gasteiger partial charge in [-0.25, -0.2) is 0 Å². The highest BCUT2D eigenvalue weighted by molar-refractivity contribution is 5.85. The molecule has 0 radical (unpaired) electrons. The molecule has 0 spiro atoms. The Morgan fingerprint density at radius 1 is 1.23 bits per heavy atom. The van der Waals surface area contributed by atoms with Crippen LogP contribution in [0.2, 0.25) is 0 Å². The largest absolute Gasteiger partial charge is 0.481 e. The second-order valence-corrected chi connectivity index (χ2v) is 2.30. The molecule has 6 heteroatoms. The van der Waals surface area contributed by atoms with Gasteiger partial charge in [0.05, 0.1) is 13.0 Å². The summed E-state index contributed by atoms with van der Waals surface area (Å²) in [4.78, 5) is 31.2. The van der Waals surface area contributed by atoms with Crippen LogP contribution in [0.3, 0.4) is 0 Å². The maximum atomic E-state index is 10.8. The first-order valence-corrected chi connectivity index (χ1v) is 3.65. The van der Waals surface area contributed by atoms with Gasteiger partial charge in [-0.05, 0) is 0 Å². The average Bonchev–Trinajstić information content (AvgIpc) is 2.10. The van der Waals surface area contributed by atoms with Gasteiger partial charge in [0.15, 0.2) is 5.78 Å². The summed E-state index contributed by atoms with van der Waals surface area (Å²) in [5, 5.41) is 8.21. The van der Waals surface area contributed by atoms with Crippen molar-refractivity contribution < 1.29 is 24.2 Å². The van der Waals surface area contributed by atoms with Crippen LogP contribution < -0.4 is 5.73 Å². The standard InChI is InChI=1S/C7H11NO5/c8-3-7(12)13-4-5(9)1-2-6(10)11/h1-4,8H2,(H,10,11). The minimum atomic E-state index is -1.06. The second kappa shape index (κ2) is 6.13. The van der Waals surface area contributed by atoms with E-state index in [1.165, 1.54) is 0 Å². The number of carbonyl (C=O) groups excluding carboxylic acids is 2. The van der Waals surface area contributed by atoms with E-state index in [1.807, 2.05) is 0 Å². The summed E-state index contributed by atoms with van der Waals surface area (Å²) in [6.45, 7) is -0.685. The van der Waals surface area contributed by atoms with Crippen molar-refractivity contribution in [3.63, 3.8) is 0 Å². The van der Waals surface area contributed by atoms with Gasteiger partial charge in [0.25, 0.3) is 0 Å². The number of nitrogens with two attached hydrogens (primary N) is 1. The average molecular weight is 189 g/mol. The minimum absolute atomic E-state index is 0.132. The van der Waals surface area contributed by atoms with Crippen molar-refractivity contribution in [1.82, 2.24) is 0 Å². The molecule has 0 saturated heterocycles. The van der Waals surface area contributed by atoms with Crippen molar-refractivity contribution in [3.05, 3.63) is 0 Å². The van der Waals surface area contributed by atoms with Crippen LogP contribution in [0.25, 0.3) is 0 Å². The van der Waals surface area contributed by atoms with E-state index < -0.39 is 24.3 Å². The summed E-state index contributed by atoms with van der Waals surface area (Å²) in [6.07, 6.45) is -0.383. The number of carboxylic acid groups (broad SMARTS) is 1. The molecule has 0 aromatic carbocycles. The van der Waals surface area contributed by atoms with E-state index in [4.69, 9.17) is 10.8 Å². The molecule has 0 aliphatic carbocycles. The molecule has 0 fully saturated rings. The van der Waals surface area contributed by atoms with Crippen molar-refractivity contribution in [2.24, 2.45) is 5.73 Å². The predicted molar refractivity (Wildman–Crippen MR) is 41.9 cm³/mol. The van der Waals surface area contributed by atoms with Gasteiger partial charge < -0.3 is 15.6 Å². The van der Waals surface area contributed by atoms with Crippen LogP contribution >= 0.6 is 0 Å². The Labute approximate surface area is 74.7 Å². The Morgan fingerprint density at radius 3 is 2.31 bits per heavy atom. The van der Waals surface area contributed by atoms with Gasteiger partial charge in [-0.2, -0.15) is 0 Å². The number of hydrogen-bond donors (Lipinski definition) is 2. The Kier molecular flexibility index (Phi) is 5.45. The molecule has 0 unspecified atom stereocenters. The number of ether oxygens (including phenoxy) is 1. The zero-order valence-corrected chi connectivity index (χ0v) is 6.99. The van der Waals surface area contributed by atoms with Crippen molar-refractivity contribution >= 4 is 17.7 Å². The molecule has 0 amide bonds. The third-order valence-corrected chi connectivity index (χ3v) is 1.18. The van der Waals surface area contributed by atoms with Gasteiger partial charge >= 0.3 is 11.9 Å². The number of carbonyl (C=O) groups is 3. The molecule has 0 heterocycles. The summed E-state index contributed by atoms with van der Waals surface area (Å²) < 4.78 is 4.38. The zero-order chi connectivity index (χ0) is 10.3. The molecule has 6 nitrogen and oxygen atoms in total. The van der Waals surface area contributed by atoms with E-state index >= 15 is 0 Å². The van der Waals surface area contributed by atoms with Crippen LogP contribution in [0.15, 0.2) is 0 Å². The van der Waals surface area contributed by atoms with Crippen LogP contribution in [0, 0.1) is 0 Å². The van der Waals surface area contributed by atoms with E-state index in [2.05, 4.69) is 4.74 Å². The topological polar surface area (TPSA) is 107 Å². The number of Topliss-reactive ketones (excluding diaryl/α,β-unsaturated/α-hetero) is 1. The van der Waals surface area contributed by atoms with Crippen LogP contribution in [-0.4, -0.2) is 36.0 Å². The summed E-state index contributed by atoms with van der Waals surface area (Å²) in [5.74, 6) is -2.16. The molecule has 0 aromatic heterocycles. The summed E-state index contributed by atoms with van der Waals surface area (Å²) in [5.41, 5.74) is 4.90. The molecule has 0 aromatic rings. The third-order valence-electron chi connectivity index (χ3n) is 1.18. The van der Waals surface area contributed by atoms with E-state index in [0.717, 1.165) is 0 Å². The first-order valence-electron chi connectivity index (χ1n) is 3.65. The maximum Gasteiger partial charge on any atom is 0.320 e. The smallest absolute Gasteiger partial charge is 0.320 e. The first-order chi connectivity index (χ1) is 6.06. The highest BCUT2D eigenvalue weighted by atomic mass is 16.5. The molecule has 0 rings (SSSR count). The fourth-order valence-corrected chi connectivity index (χ4v) is 0.538. The van der Waals surface area contributed by atoms with Crippen LogP contribution in [0.1, 0.15) is 12.8 Å². The lowest BCUT2D eigenvalue weighted by molar-refractivity contribution is -0.147. The number of esters is 1. The molecule has 0 aliphatic rings. The molecular weight excluding hydrogens is 178 g/mol. The molecule has 0 saturated carbocycles. The van der Waals surface area contributed by atoms with Gasteiger partial charge in [-0.3, -0.25) is 14.4 Å². The van der Waals surface area contributed by atoms with Crippen molar-refractivity contribution in [2.45, 2.75) is 12.8 Å². The highest BCUT2D eigenvalue weighted by Crippen LogP contribution is 1.91. The van der Waals surface area contributed by atoms with Crippen LogP contribution in [0.4, 0.5) is 0 Å². The molecule has 3 N–H and O–H groups in total.